The van der Waals surface area contributed by atoms with Crippen LogP contribution in [0.4, 0.5) is 5.13 Å². The summed E-state index contributed by atoms with van der Waals surface area (Å²) in [4.78, 5) is 1.17. The van der Waals surface area contributed by atoms with Crippen molar-refractivity contribution in [1.82, 2.24) is 10.2 Å². The molecular formula is C11H13N3OS2. The Hall–Kier alpha value is -1.11. The lowest BCUT2D eigenvalue weighted by Gasteiger charge is -2.00. The minimum absolute atomic E-state index is 0.0902. The van der Waals surface area contributed by atoms with Crippen molar-refractivity contribution in [2.24, 2.45) is 0 Å². The summed E-state index contributed by atoms with van der Waals surface area (Å²) in [6.07, 6.45) is 0. The summed E-state index contributed by atoms with van der Waals surface area (Å²) in [5, 5.41) is 21.8. The fraction of sp³-hybridized carbons (Fsp3) is 0.273. The van der Waals surface area contributed by atoms with Crippen molar-refractivity contribution in [2.75, 3.05) is 12.4 Å². The SMILES string of the molecule is CNc1nnc(CSc2ccc(CO)cc2)s1. The van der Waals surface area contributed by atoms with E-state index >= 15 is 0 Å². The van der Waals surface area contributed by atoms with Crippen molar-refractivity contribution in [3.63, 3.8) is 0 Å². The third-order valence-corrected chi connectivity index (χ3v) is 4.30. The molecule has 2 N–H and O–H groups in total. The number of anilines is 1. The molecule has 17 heavy (non-hydrogen) atoms. The van der Waals surface area contributed by atoms with Crippen LogP contribution in [-0.4, -0.2) is 22.4 Å². The molecule has 0 spiro atoms. The van der Waals surface area contributed by atoms with Crippen molar-refractivity contribution in [1.29, 1.82) is 0 Å². The van der Waals surface area contributed by atoms with Crippen LogP contribution in [0.1, 0.15) is 10.6 Å². The highest BCUT2D eigenvalue weighted by atomic mass is 32.2. The smallest absolute Gasteiger partial charge is 0.205 e. The number of hydrogen-bond acceptors (Lipinski definition) is 6. The summed E-state index contributed by atoms with van der Waals surface area (Å²) in [6, 6.07) is 7.88. The monoisotopic (exact) mass is 267 g/mol. The molecule has 0 saturated carbocycles. The molecule has 0 aliphatic heterocycles. The number of nitrogens with zero attached hydrogens (tertiary/aromatic N) is 2. The maximum absolute atomic E-state index is 8.94. The van der Waals surface area contributed by atoms with Crippen molar-refractivity contribution >= 4 is 28.2 Å². The number of rotatable bonds is 5. The second-order valence-corrected chi connectivity index (χ2v) is 5.45. The number of benzene rings is 1. The van der Waals surface area contributed by atoms with E-state index in [9.17, 15) is 0 Å². The van der Waals surface area contributed by atoms with Crippen LogP contribution in [0, 0.1) is 0 Å². The van der Waals surface area contributed by atoms with E-state index in [2.05, 4.69) is 15.5 Å². The summed E-state index contributed by atoms with van der Waals surface area (Å²) in [6.45, 7) is 0.0902. The predicted octanol–water partition coefficient (Wildman–Crippen LogP) is 2.36. The number of thioether (sulfide) groups is 1. The van der Waals surface area contributed by atoms with Gasteiger partial charge in [-0.15, -0.1) is 22.0 Å². The van der Waals surface area contributed by atoms with E-state index < -0.39 is 0 Å². The topological polar surface area (TPSA) is 58.0 Å². The Morgan fingerprint density at radius 3 is 2.65 bits per heavy atom. The Kier molecular flexibility index (Phi) is 4.36. The van der Waals surface area contributed by atoms with E-state index in [1.165, 1.54) is 4.90 Å². The van der Waals surface area contributed by atoms with Gasteiger partial charge in [0.2, 0.25) is 5.13 Å². The lowest BCUT2D eigenvalue weighted by molar-refractivity contribution is 0.282. The molecule has 2 rings (SSSR count). The fourth-order valence-electron chi connectivity index (χ4n) is 1.25. The first-order chi connectivity index (χ1) is 8.31. The summed E-state index contributed by atoms with van der Waals surface area (Å²) >= 11 is 3.28. The molecule has 2 aromatic rings. The van der Waals surface area contributed by atoms with Crippen LogP contribution < -0.4 is 5.32 Å². The Bertz CT molecular complexity index is 470. The second kappa shape index (κ2) is 6.00. The zero-order chi connectivity index (χ0) is 12.1. The van der Waals surface area contributed by atoms with Crippen LogP contribution in [0.3, 0.4) is 0 Å². The molecule has 0 fully saturated rings. The largest absolute Gasteiger partial charge is 0.392 e. The van der Waals surface area contributed by atoms with Gasteiger partial charge in [0.05, 0.1) is 12.4 Å². The molecule has 1 aromatic heterocycles. The van der Waals surface area contributed by atoms with Gasteiger partial charge in [-0.2, -0.15) is 0 Å². The first-order valence-corrected chi connectivity index (χ1v) is 6.95. The summed E-state index contributed by atoms with van der Waals surface area (Å²) in [5.74, 6) is 0.817. The Balaban J connectivity index is 1.92. The third kappa shape index (κ3) is 3.42. The van der Waals surface area contributed by atoms with E-state index in [-0.39, 0.29) is 6.61 Å². The molecule has 0 atom stereocenters. The van der Waals surface area contributed by atoms with Gasteiger partial charge in [-0.3, -0.25) is 0 Å². The lowest BCUT2D eigenvalue weighted by Crippen LogP contribution is -1.84. The van der Waals surface area contributed by atoms with Crippen molar-refractivity contribution in [3.05, 3.63) is 34.8 Å². The van der Waals surface area contributed by atoms with Crippen LogP contribution in [0.25, 0.3) is 0 Å². The van der Waals surface area contributed by atoms with Crippen molar-refractivity contribution in [2.45, 2.75) is 17.3 Å². The molecule has 0 saturated heterocycles. The van der Waals surface area contributed by atoms with Crippen LogP contribution in [0.5, 0.6) is 0 Å². The van der Waals surface area contributed by atoms with E-state index in [1.807, 2.05) is 31.3 Å². The predicted molar refractivity (Wildman–Crippen MR) is 71.4 cm³/mol. The zero-order valence-corrected chi connectivity index (χ0v) is 11.0. The van der Waals surface area contributed by atoms with Gasteiger partial charge in [0.1, 0.15) is 5.01 Å². The van der Waals surface area contributed by atoms with Gasteiger partial charge < -0.3 is 10.4 Å². The maximum atomic E-state index is 8.94. The van der Waals surface area contributed by atoms with Crippen LogP contribution in [0.15, 0.2) is 29.2 Å². The molecule has 90 valence electrons. The summed E-state index contributed by atoms with van der Waals surface area (Å²) in [7, 11) is 1.84. The third-order valence-electron chi connectivity index (χ3n) is 2.15. The molecule has 0 amide bonds. The van der Waals surface area contributed by atoms with Crippen LogP contribution in [0.2, 0.25) is 0 Å². The standard InChI is InChI=1S/C11H13N3OS2/c1-12-11-14-13-10(17-11)7-16-9-4-2-8(6-15)3-5-9/h2-5,15H,6-7H2,1H3,(H,12,14). The quantitative estimate of drug-likeness (QED) is 0.814. The molecule has 0 radical (unpaired) electrons. The highest BCUT2D eigenvalue weighted by molar-refractivity contribution is 7.98. The Morgan fingerprint density at radius 2 is 2.06 bits per heavy atom. The number of aromatic nitrogens is 2. The normalized spacial score (nSPS) is 10.5. The van der Waals surface area contributed by atoms with Crippen LogP contribution >= 0.6 is 23.1 Å². The molecule has 0 aliphatic rings. The molecule has 4 nitrogen and oxygen atoms in total. The maximum Gasteiger partial charge on any atom is 0.205 e. The minimum atomic E-state index is 0.0902. The molecule has 0 bridgehead atoms. The average Bonchev–Trinajstić information content (AvgIpc) is 2.85. The number of nitrogens with one attached hydrogen (secondary N) is 1. The van der Waals surface area contributed by atoms with Gasteiger partial charge >= 0.3 is 0 Å². The zero-order valence-electron chi connectivity index (χ0n) is 9.38. The number of aliphatic hydroxyl groups is 1. The minimum Gasteiger partial charge on any atom is -0.392 e. The molecule has 1 heterocycles. The van der Waals surface area contributed by atoms with Gasteiger partial charge in [-0.05, 0) is 17.7 Å². The average molecular weight is 267 g/mol. The van der Waals surface area contributed by atoms with E-state index in [0.29, 0.717) is 0 Å². The number of hydrogen-bond donors (Lipinski definition) is 2. The second-order valence-electron chi connectivity index (χ2n) is 3.34. The van der Waals surface area contributed by atoms with Crippen molar-refractivity contribution in [3.8, 4) is 0 Å². The van der Waals surface area contributed by atoms with E-state index in [4.69, 9.17) is 5.11 Å². The molecule has 6 heteroatoms. The molecule has 0 aliphatic carbocycles. The highest BCUT2D eigenvalue weighted by Crippen LogP contribution is 2.25. The van der Waals surface area contributed by atoms with Crippen molar-refractivity contribution < 1.29 is 5.11 Å². The van der Waals surface area contributed by atoms with E-state index in [1.54, 1.807) is 23.1 Å². The van der Waals surface area contributed by atoms with Gasteiger partial charge in [-0.25, -0.2) is 0 Å². The van der Waals surface area contributed by atoms with Gasteiger partial charge in [-0.1, -0.05) is 23.5 Å². The highest BCUT2D eigenvalue weighted by Gasteiger charge is 2.03. The first kappa shape index (κ1) is 12.3. The van der Waals surface area contributed by atoms with Gasteiger partial charge in [0.15, 0.2) is 0 Å². The molecule has 1 aromatic carbocycles. The van der Waals surface area contributed by atoms with Gasteiger partial charge in [0, 0.05) is 11.9 Å². The van der Waals surface area contributed by atoms with Crippen LogP contribution in [-0.2, 0) is 12.4 Å². The Labute approximate surface area is 108 Å². The lowest BCUT2D eigenvalue weighted by atomic mass is 10.2. The summed E-state index contributed by atoms with van der Waals surface area (Å²) in [5.41, 5.74) is 0.933. The van der Waals surface area contributed by atoms with E-state index in [0.717, 1.165) is 21.5 Å². The van der Waals surface area contributed by atoms with Gasteiger partial charge in [0.25, 0.3) is 0 Å². The molecule has 0 unspecified atom stereocenters. The molecular weight excluding hydrogens is 254 g/mol. The Morgan fingerprint density at radius 1 is 1.29 bits per heavy atom. The first-order valence-electron chi connectivity index (χ1n) is 5.14. The fourth-order valence-corrected chi connectivity index (χ4v) is 2.83. The summed E-state index contributed by atoms with van der Waals surface area (Å²) < 4.78 is 0. The number of aliphatic hydroxyl groups excluding tert-OH is 1.